The molecule has 1 amide bonds. The SMILES string of the molecule is CC.NC(=O)CNCc1cccc(COc2ccc3c(c2)OCO3)c1. The summed E-state index contributed by atoms with van der Waals surface area (Å²) in [6, 6.07) is 13.5. The molecule has 0 atom stereocenters. The average molecular weight is 344 g/mol. The van der Waals surface area contributed by atoms with E-state index in [-0.39, 0.29) is 19.2 Å². The second-order valence-corrected chi connectivity index (χ2v) is 5.19. The fourth-order valence-corrected chi connectivity index (χ4v) is 2.29. The van der Waals surface area contributed by atoms with Crippen LogP contribution in [0.15, 0.2) is 42.5 Å². The van der Waals surface area contributed by atoms with Gasteiger partial charge in [-0.15, -0.1) is 0 Å². The molecule has 3 rings (SSSR count). The number of benzene rings is 2. The van der Waals surface area contributed by atoms with E-state index in [1.54, 1.807) is 0 Å². The summed E-state index contributed by atoms with van der Waals surface area (Å²) in [5.74, 6) is 1.80. The molecule has 25 heavy (non-hydrogen) atoms. The number of ether oxygens (including phenoxy) is 3. The smallest absolute Gasteiger partial charge is 0.231 e. The largest absolute Gasteiger partial charge is 0.489 e. The van der Waals surface area contributed by atoms with Crippen molar-refractivity contribution in [3.63, 3.8) is 0 Å². The normalized spacial score (nSPS) is 11.4. The van der Waals surface area contributed by atoms with Crippen LogP contribution in [0.25, 0.3) is 0 Å². The number of nitrogens with two attached hydrogens (primary N) is 1. The van der Waals surface area contributed by atoms with Gasteiger partial charge in [0.1, 0.15) is 12.4 Å². The minimum absolute atomic E-state index is 0.165. The Morgan fingerprint density at radius 2 is 1.88 bits per heavy atom. The standard InChI is InChI=1S/C17H18N2O4.C2H6/c18-17(20)9-19-8-12-2-1-3-13(6-12)10-21-14-4-5-15-16(7-14)23-11-22-15;1-2/h1-7,19H,8-11H2,(H2,18,20);1-2H3. The van der Waals surface area contributed by atoms with Gasteiger partial charge in [-0.2, -0.15) is 0 Å². The Kier molecular flexibility index (Phi) is 7.10. The van der Waals surface area contributed by atoms with Gasteiger partial charge in [0.15, 0.2) is 11.5 Å². The fourth-order valence-electron chi connectivity index (χ4n) is 2.29. The van der Waals surface area contributed by atoms with Gasteiger partial charge in [-0.25, -0.2) is 0 Å². The van der Waals surface area contributed by atoms with Gasteiger partial charge < -0.3 is 25.3 Å². The van der Waals surface area contributed by atoms with Gasteiger partial charge in [-0.05, 0) is 23.3 Å². The number of carbonyl (C=O) groups excluding carboxylic acids is 1. The van der Waals surface area contributed by atoms with Crippen molar-refractivity contribution in [3.8, 4) is 17.2 Å². The second kappa shape index (κ2) is 9.54. The van der Waals surface area contributed by atoms with E-state index in [1.807, 2.05) is 56.3 Å². The van der Waals surface area contributed by atoms with Crippen LogP contribution in [0.2, 0.25) is 0 Å². The first-order valence-electron chi connectivity index (χ1n) is 8.30. The zero-order chi connectivity index (χ0) is 18.1. The summed E-state index contributed by atoms with van der Waals surface area (Å²) < 4.78 is 16.4. The average Bonchev–Trinajstić information content (AvgIpc) is 3.09. The highest BCUT2D eigenvalue weighted by atomic mass is 16.7. The number of fused-ring (bicyclic) bond motifs is 1. The molecule has 1 heterocycles. The van der Waals surface area contributed by atoms with Crippen LogP contribution in [0.1, 0.15) is 25.0 Å². The van der Waals surface area contributed by atoms with E-state index in [0.717, 1.165) is 22.6 Å². The zero-order valence-corrected chi connectivity index (χ0v) is 14.6. The van der Waals surface area contributed by atoms with E-state index in [0.29, 0.717) is 18.9 Å². The maximum atomic E-state index is 10.7. The number of rotatable bonds is 7. The molecule has 0 fully saturated rings. The first-order valence-corrected chi connectivity index (χ1v) is 8.30. The molecule has 2 aromatic rings. The minimum Gasteiger partial charge on any atom is -0.489 e. The summed E-state index contributed by atoms with van der Waals surface area (Å²) in [6.07, 6.45) is 0. The van der Waals surface area contributed by atoms with E-state index in [9.17, 15) is 4.79 Å². The Morgan fingerprint density at radius 3 is 2.68 bits per heavy atom. The Balaban J connectivity index is 0.00000109. The third-order valence-corrected chi connectivity index (χ3v) is 3.37. The van der Waals surface area contributed by atoms with Crippen LogP contribution in [-0.4, -0.2) is 19.2 Å². The predicted octanol–water partition coefficient (Wildman–Crippen LogP) is 2.60. The van der Waals surface area contributed by atoms with Crippen LogP contribution in [0.4, 0.5) is 0 Å². The molecule has 0 bridgehead atoms. The molecule has 0 saturated heterocycles. The Bertz CT molecular complexity index is 704. The van der Waals surface area contributed by atoms with Gasteiger partial charge in [0, 0.05) is 12.6 Å². The molecule has 6 nitrogen and oxygen atoms in total. The van der Waals surface area contributed by atoms with E-state index in [2.05, 4.69) is 5.32 Å². The highest BCUT2D eigenvalue weighted by molar-refractivity contribution is 5.75. The lowest BCUT2D eigenvalue weighted by Crippen LogP contribution is -2.28. The summed E-state index contributed by atoms with van der Waals surface area (Å²) in [5.41, 5.74) is 7.21. The van der Waals surface area contributed by atoms with Crippen molar-refractivity contribution < 1.29 is 19.0 Å². The molecule has 0 spiro atoms. The second-order valence-electron chi connectivity index (χ2n) is 5.19. The van der Waals surface area contributed by atoms with Gasteiger partial charge in [0.25, 0.3) is 0 Å². The molecule has 0 aliphatic carbocycles. The highest BCUT2D eigenvalue weighted by Crippen LogP contribution is 2.35. The molecule has 134 valence electrons. The minimum atomic E-state index is -0.368. The van der Waals surface area contributed by atoms with Crippen molar-refractivity contribution in [1.29, 1.82) is 0 Å². The van der Waals surface area contributed by atoms with Gasteiger partial charge in [-0.1, -0.05) is 38.1 Å². The molecule has 6 heteroatoms. The Hall–Kier alpha value is -2.73. The maximum absolute atomic E-state index is 10.7. The van der Waals surface area contributed by atoms with Gasteiger partial charge >= 0.3 is 0 Å². The predicted molar refractivity (Wildman–Crippen MR) is 95.6 cm³/mol. The van der Waals surface area contributed by atoms with Crippen molar-refractivity contribution in [3.05, 3.63) is 53.6 Å². The van der Waals surface area contributed by atoms with Crippen molar-refractivity contribution in [2.24, 2.45) is 5.73 Å². The quantitative estimate of drug-likeness (QED) is 0.807. The molecule has 3 N–H and O–H groups in total. The molecule has 0 unspecified atom stereocenters. The number of hydrogen-bond donors (Lipinski definition) is 2. The summed E-state index contributed by atoms with van der Waals surface area (Å²) in [6.45, 7) is 5.45. The first kappa shape index (κ1) is 18.6. The van der Waals surface area contributed by atoms with Crippen LogP contribution < -0.4 is 25.3 Å². The number of hydrogen-bond acceptors (Lipinski definition) is 5. The van der Waals surface area contributed by atoms with Crippen molar-refractivity contribution in [2.75, 3.05) is 13.3 Å². The van der Waals surface area contributed by atoms with Crippen LogP contribution in [0, 0.1) is 0 Å². The van der Waals surface area contributed by atoms with Crippen molar-refractivity contribution >= 4 is 5.91 Å². The molecule has 0 aromatic heterocycles. The third kappa shape index (κ3) is 5.69. The van der Waals surface area contributed by atoms with Crippen molar-refractivity contribution in [2.45, 2.75) is 27.0 Å². The maximum Gasteiger partial charge on any atom is 0.231 e. The molecule has 0 saturated carbocycles. The lowest BCUT2D eigenvalue weighted by atomic mass is 10.1. The van der Waals surface area contributed by atoms with Crippen LogP contribution in [-0.2, 0) is 17.9 Å². The van der Waals surface area contributed by atoms with E-state index < -0.39 is 0 Å². The van der Waals surface area contributed by atoms with Crippen LogP contribution in [0.3, 0.4) is 0 Å². The number of nitrogens with one attached hydrogen (secondary N) is 1. The summed E-state index contributed by atoms with van der Waals surface area (Å²) in [4.78, 5) is 10.7. The number of carbonyl (C=O) groups is 1. The molecule has 0 radical (unpaired) electrons. The lowest BCUT2D eigenvalue weighted by Gasteiger charge is -2.09. The van der Waals surface area contributed by atoms with Crippen molar-refractivity contribution in [1.82, 2.24) is 5.32 Å². The molecular weight excluding hydrogens is 320 g/mol. The highest BCUT2D eigenvalue weighted by Gasteiger charge is 2.13. The summed E-state index contributed by atoms with van der Waals surface area (Å²) >= 11 is 0. The van der Waals surface area contributed by atoms with E-state index in [4.69, 9.17) is 19.9 Å². The number of primary amides is 1. The number of amides is 1. The zero-order valence-electron chi connectivity index (χ0n) is 14.6. The van der Waals surface area contributed by atoms with E-state index in [1.165, 1.54) is 0 Å². The molecule has 2 aromatic carbocycles. The topological polar surface area (TPSA) is 82.8 Å². The van der Waals surface area contributed by atoms with Gasteiger partial charge in [0.05, 0.1) is 6.54 Å². The monoisotopic (exact) mass is 344 g/mol. The Morgan fingerprint density at radius 1 is 1.12 bits per heavy atom. The first-order chi connectivity index (χ1) is 12.2. The van der Waals surface area contributed by atoms with Crippen LogP contribution in [0.5, 0.6) is 17.2 Å². The molecule has 1 aliphatic rings. The fraction of sp³-hybridized carbons (Fsp3) is 0.316. The van der Waals surface area contributed by atoms with Gasteiger partial charge in [-0.3, -0.25) is 4.79 Å². The molecule has 1 aliphatic heterocycles. The van der Waals surface area contributed by atoms with E-state index >= 15 is 0 Å². The summed E-state index contributed by atoms with van der Waals surface area (Å²) in [7, 11) is 0. The third-order valence-electron chi connectivity index (χ3n) is 3.37. The van der Waals surface area contributed by atoms with Crippen LogP contribution >= 0.6 is 0 Å². The Labute approximate surface area is 147 Å². The van der Waals surface area contributed by atoms with Gasteiger partial charge in [0.2, 0.25) is 12.7 Å². The molecular formula is C19H24N2O4. The summed E-state index contributed by atoms with van der Waals surface area (Å²) in [5, 5.41) is 2.98. The lowest BCUT2D eigenvalue weighted by molar-refractivity contribution is -0.117.